The Kier molecular flexibility index (Phi) is 6.50. The van der Waals surface area contributed by atoms with Gasteiger partial charge in [0.1, 0.15) is 4.21 Å². The highest BCUT2D eigenvalue weighted by molar-refractivity contribution is 7.91. The zero-order valence-corrected chi connectivity index (χ0v) is 17.5. The molecule has 0 spiro atoms. The summed E-state index contributed by atoms with van der Waals surface area (Å²) in [4.78, 5) is 12.1. The molecule has 3 aromatic rings. The van der Waals surface area contributed by atoms with Gasteiger partial charge in [-0.25, -0.2) is 8.42 Å². The first kappa shape index (κ1) is 20.5. The van der Waals surface area contributed by atoms with Gasteiger partial charge in [-0.15, -0.1) is 11.3 Å². The second-order valence-electron chi connectivity index (χ2n) is 6.12. The Balaban J connectivity index is 1.51. The van der Waals surface area contributed by atoms with E-state index < -0.39 is 10.0 Å². The summed E-state index contributed by atoms with van der Waals surface area (Å²) in [6.07, 6.45) is 3.62. The van der Waals surface area contributed by atoms with Gasteiger partial charge in [0.05, 0.1) is 17.4 Å². The predicted octanol–water partition coefficient (Wildman–Crippen LogP) is 2.58. The molecule has 28 heavy (non-hydrogen) atoms. The van der Waals surface area contributed by atoms with E-state index in [0.717, 1.165) is 26.8 Å². The number of nitrogens with zero attached hydrogens (tertiary/aromatic N) is 3. The molecule has 0 saturated heterocycles. The molecule has 1 aromatic carbocycles. The fourth-order valence-electron chi connectivity index (χ4n) is 2.48. The molecular weight excluding hydrogens is 420 g/mol. The van der Waals surface area contributed by atoms with E-state index in [9.17, 15) is 13.2 Å². The number of benzene rings is 1. The average Bonchev–Trinajstić information content (AvgIpc) is 3.33. The van der Waals surface area contributed by atoms with Crippen LogP contribution in [0.5, 0.6) is 0 Å². The van der Waals surface area contributed by atoms with Gasteiger partial charge in [-0.1, -0.05) is 35.9 Å². The molecule has 7 nitrogen and oxygen atoms in total. The summed E-state index contributed by atoms with van der Waals surface area (Å²) in [6, 6.07) is 12.6. The summed E-state index contributed by atoms with van der Waals surface area (Å²) < 4.78 is 28.2. The summed E-state index contributed by atoms with van der Waals surface area (Å²) in [5.74, 6) is -0.380. The van der Waals surface area contributed by atoms with Crippen LogP contribution in [0.15, 0.2) is 59.1 Å². The maximum absolute atomic E-state index is 12.4. The fourth-order valence-corrected chi connectivity index (χ4v) is 5.30. The number of carbonyl (C=O) groups excluding carboxylic acids is 1. The Morgan fingerprint density at radius 1 is 1.21 bits per heavy atom. The molecule has 2 heterocycles. The SMILES string of the molecule is CN(CC(=O)NCc1ccc(Cn2cccn2)cc1)S(=O)(=O)c1ccc(Cl)s1. The van der Waals surface area contributed by atoms with Crippen LogP contribution in [-0.4, -0.2) is 42.0 Å². The van der Waals surface area contributed by atoms with E-state index in [1.165, 1.54) is 19.2 Å². The second-order valence-corrected chi connectivity index (χ2v) is 10.1. The van der Waals surface area contributed by atoms with Crippen molar-refractivity contribution in [1.82, 2.24) is 19.4 Å². The van der Waals surface area contributed by atoms with Gasteiger partial charge >= 0.3 is 0 Å². The van der Waals surface area contributed by atoms with Gasteiger partial charge in [0.15, 0.2) is 0 Å². The largest absolute Gasteiger partial charge is 0.351 e. The number of hydrogen-bond donors (Lipinski definition) is 1. The molecular formula is C18H19ClN4O3S2. The predicted molar refractivity (Wildman–Crippen MR) is 109 cm³/mol. The molecule has 3 rings (SSSR count). The minimum Gasteiger partial charge on any atom is -0.351 e. The number of halogens is 1. The van der Waals surface area contributed by atoms with Crippen molar-refractivity contribution in [2.75, 3.05) is 13.6 Å². The lowest BCUT2D eigenvalue weighted by molar-refractivity contribution is -0.121. The number of likely N-dealkylation sites (N-methyl/N-ethyl adjacent to an activating group) is 1. The molecule has 0 bridgehead atoms. The van der Waals surface area contributed by atoms with Crippen LogP contribution in [0.4, 0.5) is 0 Å². The topological polar surface area (TPSA) is 84.3 Å². The van der Waals surface area contributed by atoms with E-state index in [4.69, 9.17) is 11.6 Å². The van der Waals surface area contributed by atoms with E-state index >= 15 is 0 Å². The minimum absolute atomic E-state index is 0.112. The van der Waals surface area contributed by atoms with Crippen molar-refractivity contribution in [2.24, 2.45) is 0 Å². The van der Waals surface area contributed by atoms with Gasteiger partial charge in [0.2, 0.25) is 5.91 Å². The van der Waals surface area contributed by atoms with Crippen LogP contribution >= 0.6 is 22.9 Å². The maximum Gasteiger partial charge on any atom is 0.252 e. The summed E-state index contributed by atoms with van der Waals surface area (Å²) in [5.41, 5.74) is 2.02. The number of rotatable bonds is 8. The monoisotopic (exact) mass is 438 g/mol. The van der Waals surface area contributed by atoms with Crippen molar-refractivity contribution in [2.45, 2.75) is 17.3 Å². The Morgan fingerprint density at radius 3 is 2.54 bits per heavy atom. The lowest BCUT2D eigenvalue weighted by atomic mass is 10.1. The fraction of sp³-hybridized carbons (Fsp3) is 0.222. The molecule has 1 amide bonds. The third kappa shape index (κ3) is 5.20. The zero-order valence-electron chi connectivity index (χ0n) is 15.1. The molecule has 0 unspecified atom stereocenters. The zero-order chi connectivity index (χ0) is 20.1. The molecule has 2 aromatic heterocycles. The van der Waals surface area contributed by atoms with Crippen molar-refractivity contribution < 1.29 is 13.2 Å². The van der Waals surface area contributed by atoms with Crippen LogP contribution in [-0.2, 0) is 27.9 Å². The lowest BCUT2D eigenvalue weighted by Gasteiger charge is -2.15. The molecule has 0 fully saturated rings. The van der Waals surface area contributed by atoms with Gasteiger partial charge in [-0.3, -0.25) is 9.48 Å². The normalized spacial score (nSPS) is 11.7. The van der Waals surface area contributed by atoms with Crippen LogP contribution in [0.1, 0.15) is 11.1 Å². The van der Waals surface area contributed by atoms with Crippen LogP contribution in [0, 0.1) is 0 Å². The maximum atomic E-state index is 12.4. The number of sulfonamides is 1. The minimum atomic E-state index is -3.73. The first-order valence-corrected chi connectivity index (χ1v) is 11.0. The molecule has 0 atom stereocenters. The van der Waals surface area contributed by atoms with Crippen LogP contribution in [0.2, 0.25) is 4.34 Å². The molecule has 0 saturated carbocycles. The van der Waals surface area contributed by atoms with Crippen LogP contribution in [0.3, 0.4) is 0 Å². The standard InChI is InChI=1S/C18H19ClN4O3S2/c1-22(28(25,26)18-8-7-16(19)27-18)13-17(24)20-11-14-3-5-15(6-4-14)12-23-10-2-9-21-23/h2-10H,11-13H2,1H3,(H,20,24). The average molecular weight is 439 g/mol. The summed E-state index contributed by atoms with van der Waals surface area (Å²) >= 11 is 6.76. The number of hydrogen-bond acceptors (Lipinski definition) is 5. The number of thiophene rings is 1. The van der Waals surface area contributed by atoms with E-state index in [2.05, 4.69) is 10.4 Å². The first-order valence-electron chi connectivity index (χ1n) is 8.38. The number of carbonyl (C=O) groups is 1. The Bertz CT molecular complexity index is 1030. The van der Waals surface area contributed by atoms with Crippen molar-refractivity contribution >= 4 is 38.9 Å². The highest BCUT2D eigenvalue weighted by atomic mass is 35.5. The molecule has 0 aliphatic carbocycles. The third-order valence-electron chi connectivity index (χ3n) is 4.00. The van der Waals surface area contributed by atoms with Gasteiger partial charge in [0.25, 0.3) is 10.0 Å². The van der Waals surface area contributed by atoms with Crippen LogP contribution in [0.25, 0.3) is 0 Å². The van der Waals surface area contributed by atoms with Crippen molar-refractivity contribution in [1.29, 1.82) is 0 Å². The Morgan fingerprint density at radius 2 is 1.93 bits per heavy atom. The van der Waals surface area contributed by atoms with Gasteiger partial charge < -0.3 is 5.32 Å². The Labute approximate surface area is 172 Å². The first-order chi connectivity index (χ1) is 13.3. The molecule has 0 radical (unpaired) electrons. The molecule has 148 valence electrons. The van der Waals surface area contributed by atoms with Crippen molar-refractivity contribution in [3.8, 4) is 0 Å². The smallest absolute Gasteiger partial charge is 0.252 e. The number of aromatic nitrogens is 2. The van der Waals surface area contributed by atoms with Crippen molar-refractivity contribution in [3.63, 3.8) is 0 Å². The highest BCUT2D eigenvalue weighted by Crippen LogP contribution is 2.27. The lowest BCUT2D eigenvalue weighted by Crippen LogP contribution is -2.37. The summed E-state index contributed by atoms with van der Waals surface area (Å²) in [5, 5.41) is 6.90. The summed E-state index contributed by atoms with van der Waals surface area (Å²) in [7, 11) is -2.36. The molecule has 0 aliphatic rings. The summed E-state index contributed by atoms with van der Waals surface area (Å²) in [6.45, 7) is 0.726. The van der Waals surface area contributed by atoms with Gasteiger partial charge in [0, 0.05) is 26.0 Å². The van der Waals surface area contributed by atoms with Crippen LogP contribution < -0.4 is 5.32 Å². The Hall–Kier alpha value is -2.20. The van der Waals surface area contributed by atoms with E-state index in [1.54, 1.807) is 6.20 Å². The molecule has 1 N–H and O–H groups in total. The molecule has 0 aliphatic heterocycles. The second kappa shape index (κ2) is 8.87. The quantitative estimate of drug-likeness (QED) is 0.585. The highest BCUT2D eigenvalue weighted by Gasteiger charge is 2.24. The van der Waals surface area contributed by atoms with E-state index in [-0.39, 0.29) is 16.7 Å². The molecule has 10 heteroatoms. The third-order valence-corrected chi connectivity index (χ3v) is 7.50. The number of amides is 1. The van der Waals surface area contributed by atoms with Crippen molar-refractivity contribution in [3.05, 3.63) is 70.3 Å². The van der Waals surface area contributed by atoms with E-state index in [0.29, 0.717) is 17.4 Å². The van der Waals surface area contributed by atoms with Gasteiger partial charge in [-0.2, -0.15) is 9.40 Å². The van der Waals surface area contributed by atoms with Gasteiger partial charge in [-0.05, 0) is 29.3 Å². The number of nitrogens with one attached hydrogen (secondary N) is 1. The van der Waals surface area contributed by atoms with E-state index in [1.807, 2.05) is 41.2 Å².